The molecule has 0 aromatic heterocycles. The molecule has 132 valence electrons. The largest absolute Gasteiger partial charge is 0.481 e. The minimum absolute atomic E-state index is 0.228. The first-order valence-electron chi connectivity index (χ1n) is 6.67. The minimum Gasteiger partial charge on any atom is -0.481 e. The molecule has 0 fully saturated rings. The molecule has 1 aromatic carbocycles. The summed E-state index contributed by atoms with van der Waals surface area (Å²) in [5, 5.41) is 12.8. The van der Waals surface area contributed by atoms with Crippen molar-refractivity contribution in [1.82, 2.24) is 10.6 Å². The third kappa shape index (κ3) is 7.07. The topological polar surface area (TPSA) is 95.5 Å². The van der Waals surface area contributed by atoms with Gasteiger partial charge in [0.05, 0.1) is 5.92 Å². The third-order valence-electron chi connectivity index (χ3n) is 2.88. The van der Waals surface area contributed by atoms with Gasteiger partial charge in [-0.05, 0) is 17.7 Å². The van der Waals surface area contributed by atoms with Crippen LogP contribution in [0.2, 0.25) is 0 Å². The van der Waals surface area contributed by atoms with Crippen LogP contribution in [0.15, 0.2) is 24.3 Å². The van der Waals surface area contributed by atoms with E-state index < -0.39 is 55.2 Å². The molecule has 0 aliphatic heterocycles. The predicted molar refractivity (Wildman–Crippen MR) is 73.5 cm³/mol. The number of halogens is 4. The van der Waals surface area contributed by atoms with E-state index in [-0.39, 0.29) is 5.56 Å². The summed E-state index contributed by atoms with van der Waals surface area (Å²) in [7, 11) is 0. The molecule has 1 aromatic rings. The number of carboxylic acids is 1. The fraction of sp³-hybridized carbons (Fsp3) is 0.357. The first kappa shape index (κ1) is 19.4. The zero-order valence-electron chi connectivity index (χ0n) is 12.2. The van der Waals surface area contributed by atoms with Crippen LogP contribution >= 0.6 is 0 Å². The molecule has 1 atom stereocenters. The van der Waals surface area contributed by atoms with E-state index in [1.165, 1.54) is 17.4 Å². The molecule has 6 nitrogen and oxygen atoms in total. The molecule has 0 saturated carbocycles. The number of carbonyl (C=O) groups excluding carboxylic acids is 2. The molecule has 1 unspecified atom stereocenters. The lowest BCUT2D eigenvalue weighted by Gasteiger charge is -2.14. The van der Waals surface area contributed by atoms with Crippen LogP contribution in [0.25, 0.3) is 0 Å². The van der Waals surface area contributed by atoms with E-state index in [0.717, 1.165) is 12.1 Å². The van der Waals surface area contributed by atoms with Crippen molar-refractivity contribution in [3.05, 3.63) is 35.6 Å². The quantitative estimate of drug-likeness (QED) is 0.508. The summed E-state index contributed by atoms with van der Waals surface area (Å²) in [6.07, 6.45) is -5.46. The summed E-state index contributed by atoms with van der Waals surface area (Å²) < 4.78 is 48.5. The van der Waals surface area contributed by atoms with Gasteiger partial charge in [-0.25, -0.2) is 4.39 Å². The van der Waals surface area contributed by atoms with Gasteiger partial charge < -0.3 is 15.7 Å². The van der Waals surface area contributed by atoms with Gasteiger partial charge in [0, 0.05) is 6.54 Å². The summed E-state index contributed by atoms with van der Waals surface area (Å²) in [6.45, 7) is -1.96. The molecule has 0 spiro atoms. The SMILES string of the molecule is O=C(CC(=O)NCC(F)(F)F)NCC(C(=O)O)c1ccc(F)cc1. The van der Waals surface area contributed by atoms with E-state index in [2.05, 4.69) is 5.32 Å². The Morgan fingerprint density at radius 3 is 2.08 bits per heavy atom. The number of carboxylic acid groups (broad SMARTS) is 1. The monoisotopic (exact) mass is 350 g/mol. The second kappa shape index (κ2) is 8.27. The molecule has 3 N–H and O–H groups in total. The molecule has 0 bridgehead atoms. The smallest absolute Gasteiger partial charge is 0.405 e. The maximum absolute atomic E-state index is 12.8. The van der Waals surface area contributed by atoms with Crippen molar-refractivity contribution < 1.29 is 37.1 Å². The predicted octanol–water partition coefficient (Wildman–Crippen LogP) is 1.18. The number of aliphatic carboxylic acids is 1. The second-order valence-electron chi connectivity index (χ2n) is 4.82. The second-order valence-corrected chi connectivity index (χ2v) is 4.82. The van der Waals surface area contributed by atoms with Crippen LogP contribution < -0.4 is 10.6 Å². The number of amides is 2. The van der Waals surface area contributed by atoms with E-state index in [1.807, 2.05) is 0 Å². The van der Waals surface area contributed by atoms with Crippen molar-refractivity contribution in [2.45, 2.75) is 18.5 Å². The summed E-state index contributed by atoms with van der Waals surface area (Å²) in [6, 6.07) is 4.57. The molecule has 1 rings (SSSR count). The van der Waals surface area contributed by atoms with Crippen molar-refractivity contribution in [1.29, 1.82) is 0 Å². The lowest BCUT2D eigenvalue weighted by atomic mass is 9.99. The lowest BCUT2D eigenvalue weighted by molar-refractivity contribution is -0.141. The van der Waals surface area contributed by atoms with Crippen LogP contribution in [0.1, 0.15) is 17.9 Å². The summed E-state index contributed by atoms with van der Waals surface area (Å²) in [4.78, 5) is 33.8. The molecule has 0 heterocycles. The molecule has 0 aliphatic rings. The van der Waals surface area contributed by atoms with Crippen molar-refractivity contribution in [3.63, 3.8) is 0 Å². The number of carbonyl (C=O) groups is 3. The zero-order valence-corrected chi connectivity index (χ0v) is 12.2. The van der Waals surface area contributed by atoms with Gasteiger partial charge in [-0.15, -0.1) is 0 Å². The van der Waals surface area contributed by atoms with Gasteiger partial charge in [0.25, 0.3) is 0 Å². The molecular weight excluding hydrogens is 336 g/mol. The number of benzene rings is 1. The van der Waals surface area contributed by atoms with Crippen molar-refractivity contribution in [2.75, 3.05) is 13.1 Å². The van der Waals surface area contributed by atoms with Crippen LogP contribution in [0.4, 0.5) is 17.6 Å². The summed E-state index contributed by atoms with van der Waals surface area (Å²) in [5.41, 5.74) is 0.228. The van der Waals surface area contributed by atoms with Crippen LogP contribution in [0, 0.1) is 5.82 Å². The highest BCUT2D eigenvalue weighted by Crippen LogP contribution is 2.16. The molecule has 10 heteroatoms. The fourth-order valence-corrected chi connectivity index (χ4v) is 1.73. The maximum Gasteiger partial charge on any atom is 0.405 e. The van der Waals surface area contributed by atoms with E-state index in [9.17, 15) is 31.9 Å². The van der Waals surface area contributed by atoms with Crippen LogP contribution in [0.5, 0.6) is 0 Å². The van der Waals surface area contributed by atoms with E-state index >= 15 is 0 Å². The zero-order chi connectivity index (χ0) is 18.3. The number of alkyl halides is 3. The Morgan fingerprint density at radius 1 is 1.04 bits per heavy atom. The Balaban J connectivity index is 2.52. The average Bonchev–Trinajstić information content (AvgIpc) is 2.46. The Bertz CT molecular complexity index is 602. The van der Waals surface area contributed by atoms with Crippen LogP contribution in [-0.4, -0.2) is 42.2 Å². The Kier molecular flexibility index (Phi) is 6.69. The molecule has 0 aliphatic carbocycles. The highest BCUT2D eigenvalue weighted by atomic mass is 19.4. The van der Waals surface area contributed by atoms with Gasteiger partial charge in [-0.2, -0.15) is 13.2 Å². The highest BCUT2D eigenvalue weighted by molar-refractivity contribution is 5.97. The fourth-order valence-electron chi connectivity index (χ4n) is 1.73. The first-order chi connectivity index (χ1) is 11.1. The third-order valence-corrected chi connectivity index (χ3v) is 2.88. The van der Waals surface area contributed by atoms with Gasteiger partial charge in [-0.3, -0.25) is 14.4 Å². The minimum atomic E-state index is -4.59. The van der Waals surface area contributed by atoms with Gasteiger partial charge >= 0.3 is 12.1 Å². The molecule has 0 saturated heterocycles. The normalized spacial score (nSPS) is 12.3. The van der Waals surface area contributed by atoms with Crippen molar-refractivity contribution >= 4 is 17.8 Å². The molecule has 0 radical (unpaired) electrons. The number of nitrogens with one attached hydrogen (secondary N) is 2. The van der Waals surface area contributed by atoms with Gasteiger partial charge in [-0.1, -0.05) is 12.1 Å². The van der Waals surface area contributed by atoms with E-state index in [4.69, 9.17) is 5.11 Å². The van der Waals surface area contributed by atoms with Gasteiger partial charge in [0.15, 0.2) is 0 Å². The van der Waals surface area contributed by atoms with Crippen molar-refractivity contribution in [3.8, 4) is 0 Å². The Hall–Kier alpha value is -2.65. The average molecular weight is 350 g/mol. The van der Waals surface area contributed by atoms with Gasteiger partial charge in [0.1, 0.15) is 18.8 Å². The van der Waals surface area contributed by atoms with E-state index in [0.29, 0.717) is 0 Å². The van der Waals surface area contributed by atoms with Gasteiger partial charge in [0.2, 0.25) is 11.8 Å². The number of rotatable bonds is 7. The number of hydrogen-bond acceptors (Lipinski definition) is 3. The maximum atomic E-state index is 12.8. The Morgan fingerprint density at radius 2 is 1.58 bits per heavy atom. The molecule has 2 amide bonds. The summed E-state index contributed by atoms with van der Waals surface area (Å²) in [5.74, 6) is -5.11. The van der Waals surface area contributed by atoms with Crippen LogP contribution in [-0.2, 0) is 14.4 Å². The van der Waals surface area contributed by atoms with Crippen LogP contribution in [0.3, 0.4) is 0 Å². The first-order valence-corrected chi connectivity index (χ1v) is 6.67. The standard InChI is InChI=1S/C14H14F4N2O4/c15-9-3-1-8(2-4-9)10(13(23)24)6-19-11(21)5-12(22)20-7-14(16,17)18/h1-4,10H,5-7H2,(H,19,21)(H,20,22)(H,23,24). The van der Waals surface area contributed by atoms with Crippen molar-refractivity contribution in [2.24, 2.45) is 0 Å². The highest BCUT2D eigenvalue weighted by Gasteiger charge is 2.28. The van der Waals surface area contributed by atoms with E-state index in [1.54, 1.807) is 0 Å². The lowest BCUT2D eigenvalue weighted by Crippen LogP contribution is -2.38. The Labute approximate surface area is 133 Å². The molecular formula is C14H14F4N2O4. The summed E-state index contributed by atoms with van der Waals surface area (Å²) >= 11 is 0. The molecule has 24 heavy (non-hydrogen) atoms. The number of hydrogen-bond donors (Lipinski definition) is 3.